The monoisotopic (exact) mass is 447 g/mol. The summed E-state index contributed by atoms with van der Waals surface area (Å²) in [6.07, 6.45) is -3.14. The number of amides is 1. The molecule has 0 aliphatic rings. The number of carbonyl (C=O) groups excluding carboxylic acids is 1. The summed E-state index contributed by atoms with van der Waals surface area (Å²) >= 11 is 0. The number of pyridine rings is 1. The molecule has 10 heteroatoms. The highest BCUT2D eigenvalue weighted by Crippen LogP contribution is 2.29. The number of benzene rings is 1. The quantitative estimate of drug-likeness (QED) is 0.552. The van der Waals surface area contributed by atoms with Gasteiger partial charge in [-0.3, -0.25) is 14.2 Å². The Hall–Kier alpha value is -3.43. The first kappa shape index (κ1) is 23.2. The van der Waals surface area contributed by atoms with E-state index in [4.69, 9.17) is 0 Å². The second-order valence-electron chi connectivity index (χ2n) is 7.34. The number of hydrogen-bond acceptors (Lipinski definition) is 5. The molecule has 1 amide bonds. The predicted octanol–water partition coefficient (Wildman–Crippen LogP) is 3.51. The number of alkyl halides is 3. The van der Waals surface area contributed by atoms with Gasteiger partial charge >= 0.3 is 6.18 Å². The Morgan fingerprint density at radius 1 is 1.16 bits per heavy atom. The van der Waals surface area contributed by atoms with E-state index in [0.717, 1.165) is 18.6 Å². The first-order valence-corrected chi connectivity index (χ1v) is 10.2. The van der Waals surface area contributed by atoms with E-state index in [0.29, 0.717) is 34.7 Å². The molecule has 0 saturated heterocycles. The number of rotatable bonds is 8. The Balaban J connectivity index is 1.90. The van der Waals surface area contributed by atoms with Crippen LogP contribution in [0, 0.1) is 0 Å². The molecule has 2 heterocycles. The molecule has 0 aliphatic carbocycles. The number of fused-ring (bicyclic) bond motifs is 1. The van der Waals surface area contributed by atoms with Gasteiger partial charge in [0.1, 0.15) is 17.0 Å². The van der Waals surface area contributed by atoms with Crippen LogP contribution in [-0.4, -0.2) is 27.0 Å². The van der Waals surface area contributed by atoms with Gasteiger partial charge in [0.15, 0.2) is 5.65 Å². The van der Waals surface area contributed by atoms with Crippen LogP contribution in [0.2, 0.25) is 0 Å². The van der Waals surface area contributed by atoms with E-state index in [1.165, 1.54) is 17.6 Å². The summed E-state index contributed by atoms with van der Waals surface area (Å²) < 4.78 is 40.3. The van der Waals surface area contributed by atoms with Crippen LogP contribution in [0.5, 0.6) is 0 Å². The highest BCUT2D eigenvalue weighted by atomic mass is 19.4. The fourth-order valence-electron chi connectivity index (χ4n) is 3.27. The maximum absolute atomic E-state index is 12.9. The summed E-state index contributed by atoms with van der Waals surface area (Å²) in [4.78, 5) is 33.0. The van der Waals surface area contributed by atoms with Crippen LogP contribution in [0.25, 0.3) is 11.2 Å². The van der Waals surface area contributed by atoms with Crippen molar-refractivity contribution in [2.75, 3.05) is 11.9 Å². The molecule has 0 atom stereocenters. The van der Waals surface area contributed by atoms with E-state index in [-0.39, 0.29) is 31.1 Å². The number of nitrogens with one attached hydrogen (secondary N) is 2. The standard InChI is InChI=1S/C22H24F3N5O2/c1-3-5-18-21(32)30(11-10-26-14(2)31)20-17(28-18)8-9-19(29-20)27-13-15-6-4-7-16(12-15)22(23,24)25/h4,6-9,12H,3,5,10-11,13H2,1-2H3,(H,26,31)(H,27,29). The van der Waals surface area contributed by atoms with Gasteiger partial charge in [-0.1, -0.05) is 25.5 Å². The summed E-state index contributed by atoms with van der Waals surface area (Å²) in [5.41, 5.74) is 0.750. The largest absolute Gasteiger partial charge is 0.416 e. The highest BCUT2D eigenvalue weighted by molar-refractivity contribution is 5.73. The van der Waals surface area contributed by atoms with Crippen LogP contribution in [0.4, 0.5) is 19.0 Å². The topological polar surface area (TPSA) is 88.9 Å². The highest BCUT2D eigenvalue weighted by Gasteiger charge is 2.30. The minimum absolute atomic E-state index is 0.125. The van der Waals surface area contributed by atoms with Crippen molar-refractivity contribution >= 4 is 22.9 Å². The maximum atomic E-state index is 12.9. The summed E-state index contributed by atoms with van der Waals surface area (Å²) in [5.74, 6) is 0.189. The smallest absolute Gasteiger partial charge is 0.366 e. The van der Waals surface area contributed by atoms with Crippen molar-refractivity contribution in [1.82, 2.24) is 19.9 Å². The van der Waals surface area contributed by atoms with Crippen LogP contribution in [0.15, 0.2) is 41.2 Å². The Labute approximate surface area is 182 Å². The summed E-state index contributed by atoms with van der Waals surface area (Å²) in [6, 6.07) is 8.42. The van der Waals surface area contributed by atoms with Crippen LogP contribution in [0.3, 0.4) is 0 Å². The van der Waals surface area contributed by atoms with E-state index in [1.807, 2.05) is 6.92 Å². The minimum atomic E-state index is -4.41. The lowest BCUT2D eigenvalue weighted by Crippen LogP contribution is -2.32. The van der Waals surface area contributed by atoms with Gasteiger partial charge in [0.25, 0.3) is 5.56 Å². The molecule has 2 N–H and O–H groups in total. The number of halogens is 3. The SMILES string of the molecule is CCCc1nc2ccc(NCc3cccc(C(F)(F)F)c3)nc2n(CCNC(C)=O)c1=O. The molecular formula is C22H24F3N5O2. The van der Waals surface area contributed by atoms with Crippen molar-refractivity contribution in [2.24, 2.45) is 0 Å². The van der Waals surface area contributed by atoms with E-state index >= 15 is 0 Å². The molecule has 2 aromatic heterocycles. The van der Waals surface area contributed by atoms with Crippen LogP contribution in [-0.2, 0) is 30.5 Å². The summed E-state index contributed by atoms with van der Waals surface area (Å²) in [5, 5.41) is 5.66. The van der Waals surface area contributed by atoms with Crippen LogP contribution < -0.4 is 16.2 Å². The Morgan fingerprint density at radius 3 is 2.62 bits per heavy atom. The number of hydrogen-bond donors (Lipinski definition) is 2. The van der Waals surface area contributed by atoms with Gasteiger partial charge in [-0.25, -0.2) is 9.97 Å². The van der Waals surface area contributed by atoms with Gasteiger partial charge in [0.2, 0.25) is 5.91 Å². The fraction of sp³-hybridized carbons (Fsp3) is 0.364. The van der Waals surface area contributed by atoms with Crippen molar-refractivity contribution < 1.29 is 18.0 Å². The van der Waals surface area contributed by atoms with Gasteiger partial charge in [0.05, 0.1) is 5.56 Å². The van der Waals surface area contributed by atoms with E-state index in [9.17, 15) is 22.8 Å². The summed E-state index contributed by atoms with van der Waals surface area (Å²) in [6.45, 7) is 3.94. The van der Waals surface area contributed by atoms with Crippen LogP contribution >= 0.6 is 0 Å². The lowest BCUT2D eigenvalue weighted by atomic mass is 10.1. The molecule has 170 valence electrons. The molecule has 0 aliphatic heterocycles. The van der Waals surface area contributed by atoms with Crippen molar-refractivity contribution in [3.63, 3.8) is 0 Å². The van der Waals surface area contributed by atoms with Crippen LogP contribution in [0.1, 0.15) is 37.1 Å². The third kappa shape index (κ3) is 5.63. The first-order valence-electron chi connectivity index (χ1n) is 10.2. The normalized spacial score (nSPS) is 11.5. The average molecular weight is 447 g/mol. The number of aromatic nitrogens is 3. The number of nitrogens with zero attached hydrogens (tertiary/aromatic N) is 3. The Morgan fingerprint density at radius 2 is 1.94 bits per heavy atom. The van der Waals surface area contributed by atoms with Gasteiger partial charge in [-0.05, 0) is 36.2 Å². The first-order chi connectivity index (χ1) is 15.2. The van der Waals surface area contributed by atoms with E-state index in [1.54, 1.807) is 18.2 Å². The second-order valence-corrected chi connectivity index (χ2v) is 7.34. The van der Waals surface area contributed by atoms with Gasteiger partial charge in [-0.2, -0.15) is 13.2 Å². The van der Waals surface area contributed by atoms with Crippen molar-refractivity contribution in [3.05, 3.63) is 63.6 Å². The van der Waals surface area contributed by atoms with E-state index in [2.05, 4.69) is 20.6 Å². The zero-order valence-corrected chi connectivity index (χ0v) is 17.8. The third-order valence-electron chi connectivity index (χ3n) is 4.78. The number of carbonyl (C=O) groups is 1. The molecule has 3 rings (SSSR count). The van der Waals surface area contributed by atoms with Gasteiger partial charge < -0.3 is 10.6 Å². The Bertz CT molecular complexity index is 1170. The van der Waals surface area contributed by atoms with Crippen molar-refractivity contribution in [2.45, 2.75) is 46.0 Å². The lowest BCUT2D eigenvalue weighted by Gasteiger charge is -2.14. The molecule has 0 saturated carbocycles. The Kier molecular flexibility index (Phi) is 7.12. The second kappa shape index (κ2) is 9.80. The predicted molar refractivity (Wildman–Crippen MR) is 115 cm³/mol. The number of aryl methyl sites for hydroxylation is 1. The lowest BCUT2D eigenvalue weighted by molar-refractivity contribution is -0.137. The molecular weight excluding hydrogens is 423 g/mol. The fourth-order valence-corrected chi connectivity index (χ4v) is 3.27. The number of anilines is 1. The molecule has 7 nitrogen and oxygen atoms in total. The van der Waals surface area contributed by atoms with Crippen molar-refractivity contribution in [1.29, 1.82) is 0 Å². The zero-order valence-electron chi connectivity index (χ0n) is 17.8. The van der Waals surface area contributed by atoms with E-state index < -0.39 is 11.7 Å². The molecule has 0 radical (unpaired) electrons. The third-order valence-corrected chi connectivity index (χ3v) is 4.78. The van der Waals surface area contributed by atoms with Crippen molar-refractivity contribution in [3.8, 4) is 0 Å². The molecule has 32 heavy (non-hydrogen) atoms. The van der Waals surface area contributed by atoms with Gasteiger partial charge in [0, 0.05) is 26.6 Å². The molecule has 0 fully saturated rings. The minimum Gasteiger partial charge on any atom is -0.366 e. The average Bonchev–Trinajstić information content (AvgIpc) is 2.74. The zero-order chi connectivity index (χ0) is 23.3. The molecule has 0 bridgehead atoms. The molecule has 3 aromatic rings. The molecule has 1 aromatic carbocycles. The molecule has 0 spiro atoms. The maximum Gasteiger partial charge on any atom is 0.416 e. The van der Waals surface area contributed by atoms with Gasteiger partial charge in [-0.15, -0.1) is 0 Å². The molecule has 0 unspecified atom stereocenters. The summed E-state index contributed by atoms with van der Waals surface area (Å²) in [7, 11) is 0.